The molecule has 0 aromatic carbocycles. The van der Waals surface area contributed by atoms with Crippen LogP contribution in [0.3, 0.4) is 0 Å². The van der Waals surface area contributed by atoms with Crippen molar-refractivity contribution in [2.75, 3.05) is 25.5 Å². The smallest absolute Gasteiger partial charge is 0.331 e. The van der Waals surface area contributed by atoms with E-state index in [4.69, 9.17) is 4.74 Å². The Labute approximate surface area is 126 Å². The number of nitrogens with zero attached hydrogens (tertiary/aromatic N) is 2. The van der Waals surface area contributed by atoms with Gasteiger partial charge in [0, 0.05) is 37.5 Å². The van der Waals surface area contributed by atoms with Crippen molar-refractivity contribution in [1.82, 2.24) is 9.88 Å². The lowest BCUT2D eigenvalue weighted by molar-refractivity contribution is -0.148. The molecule has 0 aliphatic carbocycles. The Morgan fingerprint density at radius 3 is 2.95 bits per heavy atom. The summed E-state index contributed by atoms with van der Waals surface area (Å²) in [5.41, 5.74) is 1.57. The van der Waals surface area contributed by atoms with Gasteiger partial charge >= 0.3 is 5.97 Å². The minimum Gasteiger partial charge on any atom is -0.457 e. The van der Waals surface area contributed by atoms with Gasteiger partial charge in [0.2, 0.25) is 0 Å². The molecule has 1 aromatic rings. The Bertz CT molecular complexity index is 547. The molecule has 1 aromatic heterocycles. The number of esters is 1. The fourth-order valence-electron chi connectivity index (χ4n) is 2.13. The summed E-state index contributed by atoms with van der Waals surface area (Å²) in [5.74, 6) is 0.585. The first kappa shape index (κ1) is 15.5. The van der Waals surface area contributed by atoms with Crippen LogP contribution in [0.4, 0.5) is 5.82 Å². The Morgan fingerprint density at radius 1 is 1.48 bits per heavy atom. The third-order valence-corrected chi connectivity index (χ3v) is 3.03. The van der Waals surface area contributed by atoms with E-state index in [1.165, 1.54) is 6.08 Å². The van der Waals surface area contributed by atoms with Gasteiger partial charge in [-0.2, -0.15) is 0 Å². The Hall–Kier alpha value is -1.88. The first-order valence-corrected chi connectivity index (χ1v) is 7.16. The van der Waals surface area contributed by atoms with Crippen LogP contribution in [0.2, 0.25) is 0 Å². The highest BCUT2D eigenvalue weighted by Gasteiger charge is 2.14. The summed E-state index contributed by atoms with van der Waals surface area (Å²) in [7, 11) is 2.08. The fourth-order valence-corrected chi connectivity index (χ4v) is 2.13. The average Bonchev–Trinajstić information content (AvgIpc) is 2.54. The second-order valence-electron chi connectivity index (χ2n) is 6.31. The van der Waals surface area contributed by atoms with E-state index in [1.807, 2.05) is 20.8 Å². The van der Waals surface area contributed by atoms with Crippen LogP contribution in [0, 0.1) is 0 Å². The summed E-state index contributed by atoms with van der Waals surface area (Å²) in [6, 6.07) is 2.05. The van der Waals surface area contributed by atoms with Crippen LogP contribution in [-0.4, -0.2) is 41.6 Å². The fraction of sp³-hybridized carbons (Fsp3) is 0.500. The van der Waals surface area contributed by atoms with Crippen LogP contribution in [0.25, 0.3) is 6.08 Å². The van der Waals surface area contributed by atoms with Gasteiger partial charge in [0.05, 0.1) is 0 Å². The third kappa shape index (κ3) is 4.86. The van der Waals surface area contributed by atoms with E-state index in [0.29, 0.717) is 0 Å². The molecule has 0 saturated carbocycles. The van der Waals surface area contributed by atoms with Crippen LogP contribution in [0.1, 0.15) is 31.9 Å². The normalized spacial score (nSPS) is 16.2. The minimum absolute atomic E-state index is 0.340. The second-order valence-corrected chi connectivity index (χ2v) is 6.31. The van der Waals surface area contributed by atoms with Crippen LogP contribution < -0.4 is 5.32 Å². The molecule has 0 atom stereocenters. The van der Waals surface area contributed by atoms with E-state index in [9.17, 15) is 4.79 Å². The second kappa shape index (κ2) is 6.26. The van der Waals surface area contributed by atoms with Crippen LogP contribution in [0.15, 0.2) is 18.3 Å². The molecule has 0 spiro atoms. The predicted molar refractivity (Wildman–Crippen MR) is 83.9 cm³/mol. The molecule has 2 rings (SSSR count). The van der Waals surface area contributed by atoms with Gasteiger partial charge in [-0.25, -0.2) is 9.78 Å². The average molecular weight is 289 g/mol. The molecule has 21 heavy (non-hydrogen) atoms. The number of nitrogens with one attached hydrogen (secondary N) is 1. The standard InChI is InChI=1S/C16H23N3O2/c1-16(2,3)21-14(20)6-5-12-9-13-11-19(4)8-7-17-15(13)18-10-12/h5-6,9-10H,7-8,11H2,1-4H3,(H,17,18)/b6-5+. The molecule has 114 valence electrons. The highest BCUT2D eigenvalue weighted by molar-refractivity contribution is 5.87. The van der Waals surface area contributed by atoms with Gasteiger partial charge < -0.3 is 15.0 Å². The van der Waals surface area contributed by atoms with E-state index in [-0.39, 0.29) is 5.97 Å². The van der Waals surface area contributed by atoms with E-state index < -0.39 is 5.60 Å². The summed E-state index contributed by atoms with van der Waals surface area (Å²) in [4.78, 5) is 18.3. The predicted octanol–water partition coefficient (Wildman–Crippen LogP) is 2.29. The molecule has 0 radical (unpaired) electrons. The number of pyridine rings is 1. The number of hydrogen-bond acceptors (Lipinski definition) is 5. The molecule has 5 nitrogen and oxygen atoms in total. The molecule has 1 N–H and O–H groups in total. The van der Waals surface area contributed by atoms with Crippen molar-refractivity contribution in [3.05, 3.63) is 29.5 Å². The van der Waals surface area contributed by atoms with Gasteiger partial charge in [-0.15, -0.1) is 0 Å². The molecular weight excluding hydrogens is 266 g/mol. The topological polar surface area (TPSA) is 54.5 Å². The zero-order valence-electron chi connectivity index (χ0n) is 13.1. The van der Waals surface area contributed by atoms with Gasteiger partial charge in [-0.05, 0) is 45.5 Å². The summed E-state index contributed by atoms with van der Waals surface area (Å²) in [5, 5.41) is 3.31. The lowest BCUT2D eigenvalue weighted by Crippen LogP contribution is -2.22. The molecule has 0 amide bonds. The van der Waals surface area contributed by atoms with Gasteiger partial charge in [-0.1, -0.05) is 0 Å². The number of ether oxygens (including phenoxy) is 1. The van der Waals surface area contributed by atoms with Crippen molar-refractivity contribution in [1.29, 1.82) is 0 Å². The maximum absolute atomic E-state index is 11.7. The zero-order valence-corrected chi connectivity index (χ0v) is 13.1. The summed E-state index contributed by atoms with van der Waals surface area (Å²) in [6.07, 6.45) is 4.95. The monoisotopic (exact) mass is 289 g/mol. The van der Waals surface area contributed by atoms with Crippen molar-refractivity contribution < 1.29 is 9.53 Å². The Balaban J connectivity index is 2.10. The molecule has 1 aliphatic rings. The molecular formula is C16H23N3O2. The van der Waals surface area contributed by atoms with E-state index in [1.54, 1.807) is 12.3 Å². The first-order valence-electron chi connectivity index (χ1n) is 7.16. The van der Waals surface area contributed by atoms with Crippen LogP contribution in [0.5, 0.6) is 0 Å². The summed E-state index contributed by atoms with van der Waals surface area (Å²) >= 11 is 0. The maximum Gasteiger partial charge on any atom is 0.331 e. The van der Waals surface area contributed by atoms with Crippen LogP contribution in [-0.2, 0) is 16.1 Å². The van der Waals surface area contributed by atoms with Crippen molar-refractivity contribution in [3.8, 4) is 0 Å². The first-order chi connectivity index (χ1) is 9.83. The number of anilines is 1. The third-order valence-electron chi connectivity index (χ3n) is 3.03. The summed E-state index contributed by atoms with van der Waals surface area (Å²) < 4.78 is 5.24. The van der Waals surface area contributed by atoms with Crippen molar-refractivity contribution in [2.24, 2.45) is 0 Å². The SMILES string of the molecule is CN1CCNc2ncc(/C=C/C(=O)OC(C)(C)C)cc2C1. The van der Waals surface area contributed by atoms with E-state index in [0.717, 1.165) is 36.6 Å². The molecule has 0 unspecified atom stereocenters. The highest BCUT2D eigenvalue weighted by Crippen LogP contribution is 2.19. The lowest BCUT2D eigenvalue weighted by Gasteiger charge is -2.17. The van der Waals surface area contributed by atoms with E-state index in [2.05, 4.69) is 28.3 Å². The number of hydrogen-bond donors (Lipinski definition) is 1. The molecule has 0 saturated heterocycles. The Kier molecular flexibility index (Phi) is 4.63. The van der Waals surface area contributed by atoms with E-state index >= 15 is 0 Å². The van der Waals surface area contributed by atoms with Crippen LogP contribution >= 0.6 is 0 Å². The number of likely N-dealkylation sites (N-methyl/N-ethyl adjacent to an activating group) is 1. The van der Waals surface area contributed by atoms with Gasteiger partial charge in [0.15, 0.2) is 0 Å². The number of rotatable bonds is 2. The zero-order chi connectivity index (χ0) is 15.5. The largest absolute Gasteiger partial charge is 0.457 e. The van der Waals surface area contributed by atoms with Gasteiger partial charge in [0.25, 0.3) is 0 Å². The lowest BCUT2D eigenvalue weighted by atomic mass is 10.1. The van der Waals surface area contributed by atoms with Crippen molar-refractivity contribution in [3.63, 3.8) is 0 Å². The summed E-state index contributed by atoms with van der Waals surface area (Å²) in [6.45, 7) is 8.28. The quantitative estimate of drug-likeness (QED) is 0.669. The maximum atomic E-state index is 11.7. The molecule has 2 heterocycles. The number of carbonyl (C=O) groups is 1. The van der Waals surface area contributed by atoms with Crippen molar-refractivity contribution >= 4 is 17.9 Å². The van der Waals surface area contributed by atoms with Gasteiger partial charge in [0.1, 0.15) is 11.4 Å². The number of aromatic nitrogens is 1. The molecule has 1 aliphatic heterocycles. The van der Waals surface area contributed by atoms with Crippen molar-refractivity contribution in [2.45, 2.75) is 32.9 Å². The molecule has 5 heteroatoms. The Morgan fingerprint density at radius 2 is 2.24 bits per heavy atom. The number of fused-ring (bicyclic) bond motifs is 1. The van der Waals surface area contributed by atoms with Gasteiger partial charge in [-0.3, -0.25) is 0 Å². The number of carbonyl (C=O) groups excluding carboxylic acids is 1. The molecule has 0 bridgehead atoms. The minimum atomic E-state index is -0.472. The highest BCUT2D eigenvalue weighted by atomic mass is 16.6. The molecule has 0 fully saturated rings.